The Bertz CT molecular complexity index is 1120. The van der Waals surface area contributed by atoms with Crippen LogP contribution < -0.4 is 15.0 Å². The Morgan fingerprint density at radius 2 is 2.03 bits per heavy atom. The number of carbonyl (C=O) groups is 1. The number of rotatable bonds is 6. The molecule has 12 nitrogen and oxygen atoms in total. The molecule has 3 aromatic rings. The average Bonchev–Trinajstić information content (AvgIpc) is 3.15. The summed E-state index contributed by atoms with van der Waals surface area (Å²) in [5, 5.41) is 18.8. The Morgan fingerprint density at radius 1 is 1.26 bits per heavy atom. The van der Waals surface area contributed by atoms with Gasteiger partial charge in [-0.1, -0.05) is 0 Å². The molecule has 4 rings (SSSR count). The van der Waals surface area contributed by atoms with Crippen LogP contribution in [0.15, 0.2) is 30.7 Å². The van der Waals surface area contributed by atoms with Gasteiger partial charge in [0.15, 0.2) is 5.65 Å². The molecule has 1 fully saturated rings. The fourth-order valence-electron chi connectivity index (χ4n) is 3.61. The van der Waals surface area contributed by atoms with Crippen molar-refractivity contribution >= 4 is 34.1 Å². The number of methoxy groups -OCH3 is 1. The van der Waals surface area contributed by atoms with Crippen molar-refractivity contribution in [2.45, 2.75) is 0 Å². The van der Waals surface area contributed by atoms with Crippen molar-refractivity contribution in [3.63, 3.8) is 0 Å². The van der Waals surface area contributed by atoms with E-state index in [4.69, 9.17) is 4.74 Å². The monoisotopic (exact) mass is 426 g/mol. The van der Waals surface area contributed by atoms with Crippen molar-refractivity contribution in [1.82, 2.24) is 24.6 Å². The molecule has 1 aliphatic heterocycles. The summed E-state index contributed by atoms with van der Waals surface area (Å²) in [6.45, 7) is 3.03. The van der Waals surface area contributed by atoms with Gasteiger partial charge in [0.1, 0.15) is 17.9 Å². The Hall–Kier alpha value is -3.80. The molecule has 0 bridgehead atoms. The quantitative estimate of drug-likeness (QED) is 0.453. The number of carbonyl (C=O) groups excluding carboxylic acids is 1. The number of non-ortho nitro benzene ring substituents is 1. The van der Waals surface area contributed by atoms with Gasteiger partial charge < -0.3 is 15.0 Å². The standard InChI is InChI=1S/C19H22N8O4/c1-24-18-14(10-22-24)19(21-12-20-18)26-7-5-25(6-8-26)11-17(28)23-15-4-3-13(27(29)30)9-16(15)31-2/h3-4,9-10,12H,5-8,11H2,1-2H3,(H,23,28). The first-order chi connectivity index (χ1) is 15.0. The number of nitro benzene ring substituents is 1. The molecule has 0 atom stereocenters. The van der Waals surface area contributed by atoms with Gasteiger partial charge in [0, 0.05) is 39.3 Å². The number of hydrogen-bond donors (Lipinski definition) is 1. The Morgan fingerprint density at radius 3 is 2.74 bits per heavy atom. The first-order valence-corrected chi connectivity index (χ1v) is 9.68. The van der Waals surface area contributed by atoms with Crippen molar-refractivity contribution in [3.05, 3.63) is 40.8 Å². The van der Waals surface area contributed by atoms with Crippen molar-refractivity contribution in [1.29, 1.82) is 0 Å². The maximum atomic E-state index is 12.5. The molecule has 2 aromatic heterocycles. The summed E-state index contributed by atoms with van der Waals surface area (Å²) in [6, 6.07) is 4.09. The van der Waals surface area contributed by atoms with E-state index >= 15 is 0 Å². The number of nitro groups is 1. The number of aryl methyl sites for hydroxylation is 1. The average molecular weight is 426 g/mol. The first kappa shape index (κ1) is 20.5. The number of aromatic nitrogens is 4. The van der Waals surface area contributed by atoms with E-state index in [0.29, 0.717) is 18.8 Å². The van der Waals surface area contributed by atoms with Crippen LogP contribution in [0.2, 0.25) is 0 Å². The molecule has 12 heteroatoms. The molecule has 1 aliphatic rings. The third kappa shape index (κ3) is 4.23. The van der Waals surface area contributed by atoms with Crippen molar-refractivity contribution in [2.75, 3.05) is 50.1 Å². The largest absolute Gasteiger partial charge is 0.494 e. The molecule has 0 saturated carbocycles. The van der Waals surface area contributed by atoms with Crippen LogP contribution in [0, 0.1) is 10.1 Å². The maximum absolute atomic E-state index is 12.5. The zero-order valence-corrected chi connectivity index (χ0v) is 17.2. The Labute approximate surface area is 177 Å². The predicted octanol–water partition coefficient (Wildman–Crippen LogP) is 1.04. The van der Waals surface area contributed by atoms with E-state index in [-0.39, 0.29) is 23.9 Å². The van der Waals surface area contributed by atoms with E-state index in [1.807, 2.05) is 11.9 Å². The third-order valence-electron chi connectivity index (χ3n) is 5.22. The van der Waals surface area contributed by atoms with Crippen LogP contribution in [0.5, 0.6) is 5.75 Å². The number of fused-ring (bicyclic) bond motifs is 1. The van der Waals surface area contributed by atoms with Gasteiger partial charge in [-0.05, 0) is 6.07 Å². The van der Waals surface area contributed by atoms with E-state index < -0.39 is 4.92 Å². The fraction of sp³-hybridized carbons (Fsp3) is 0.368. The number of ether oxygens (including phenoxy) is 1. The lowest BCUT2D eigenvalue weighted by Gasteiger charge is -2.35. The summed E-state index contributed by atoms with van der Waals surface area (Å²) in [4.78, 5) is 35.8. The minimum Gasteiger partial charge on any atom is -0.494 e. The molecule has 1 saturated heterocycles. The van der Waals surface area contributed by atoms with Crippen molar-refractivity contribution in [2.24, 2.45) is 7.05 Å². The molecule has 0 spiro atoms. The summed E-state index contributed by atoms with van der Waals surface area (Å²) in [7, 11) is 3.25. The second-order valence-electron chi connectivity index (χ2n) is 7.16. The minimum absolute atomic E-state index is 0.0987. The topological polar surface area (TPSA) is 132 Å². The third-order valence-corrected chi connectivity index (χ3v) is 5.22. The maximum Gasteiger partial charge on any atom is 0.273 e. The van der Waals surface area contributed by atoms with Crippen LogP contribution in [-0.4, -0.2) is 75.3 Å². The summed E-state index contributed by atoms with van der Waals surface area (Å²) in [6.07, 6.45) is 3.30. The van der Waals surface area contributed by atoms with Crippen LogP contribution in [0.4, 0.5) is 17.2 Å². The van der Waals surface area contributed by atoms with Gasteiger partial charge >= 0.3 is 0 Å². The van der Waals surface area contributed by atoms with Gasteiger partial charge in [0.2, 0.25) is 5.91 Å². The summed E-state index contributed by atoms with van der Waals surface area (Å²) < 4.78 is 6.88. The smallest absolute Gasteiger partial charge is 0.273 e. The number of hydrogen-bond acceptors (Lipinski definition) is 9. The SMILES string of the molecule is COc1cc([N+](=O)[O-])ccc1NC(=O)CN1CCN(c2ncnc3c2cnn3C)CC1. The summed E-state index contributed by atoms with van der Waals surface area (Å²) in [5.74, 6) is 0.881. The first-order valence-electron chi connectivity index (χ1n) is 9.68. The molecule has 3 heterocycles. The number of nitrogens with one attached hydrogen (secondary N) is 1. The summed E-state index contributed by atoms with van der Waals surface area (Å²) in [5.41, 5.74) is 1.08. The second kappa shape index (κ2) is 8.52. The zero-order valence-electron chi connectivity index (χ0n) is 17.2. The number of nitrogens with zero attached hydrogens (tertiary/aromatic N) is 7. The van der Waals surface area contributed by atoms with Crippen LogP contribution in [-0.2, 0) is 11.8 Å². The number of benzene rings is 1. The number of piperazine rings is 1. The molecule has 1 N–H and O–H groups in total. The van der Waals surface area contributed by atoms with Gasteiger partial charge in [0.25, 0.3) is 5.69 Å². The lowest BCUT2D eigenvalue weighted by molar-refractivity contribution is -0.384. The fourth-order valence-corrected chi connectivity index (χ4v) is 3.61. The van der Waals surface area contributed by atoms with Crippen molar-refractivity contribution in [3.8, 4) is 5.75 Å². The van der Waals surface area contributed by atoms with Crippen LogP contribution in [0.3, 0.4) is 0 Å². The molecule has 31 heavy (non-hydrogen) atoms. The highest BCUT2D eigenvalue weighted by molar-refractivity contribution is 5.94. The molecule has 1 amide bonds. The molecule has 0 aliphatic carbocycles. The Balaban J connectivity index is 1.36. The van der Waals surface area contributed by atoms with Gasteiger partial charge in [-0.3, -0.25) is 24.5 Å². The Kier molecular flexibility index (Phi) is 5.62. The zero-order chi connectivity index (χ0) is 22.0. The van der Waals surface area contributed by atoms with E-state index in [1.165, 1.54) is 31.6 Å². The van der Waals surface area contributed by atoms with E-state index in [2.05, 4.69) is 25.3 Å². The van der Waals surface area contributed by atoms with E-state index in [1.54, 1.807) is 10.9 Å². The summed E-state index contributed by atoms with van der Waals surface area (Å²) >= 11 is 0. The molecule has 0 radical (unpaired) electrons. The van der Waals surface area contributed by atoms with E-state index in [9.17, 15) is 14.9 Å². The van der Waals surface area contributed by atoms with Gasteiger partial charge in [-0.15, -0.1) is 0 Å². The lowest BCUT2D eigenvalue weighted by Crippen LogP contribution is -2.49. The molecule has 0 unspecified atom stereocenters. The lowest BCUT2D eigenvalue weighted by atomic mass is 10.2. The predicted molar refractivity (Wildman–Crippen MR) is 113 cm³/mol. The van der Waals surface area contributed by atoms with Gasteiger partial charge in [-0.25, -0.2) is 9.97 Å². The number of anilines is 2. The highest BCUT2D eigenvalue weighted by atomic mass is 16.6. The van der Waals surface area contributed by atoms with E-state index in [0.717, 1.165) is 29.9 Å². The highest BCUT2D eigenvalue weighted by Gasteiger charge is 2.23. The minimum atomic E-state index is -0.509. The van der Waals surface area contributed by atoms with Crippen LogP contribution >= 0.6 is 0 Å². The molecule has 162 valence electrons. The number of amides is 1. The molecular formula is C19H22N8O4. The van der Waals surface area contributed by atoms with Crippen LogP contribution in [0.25, 0.3) is 11.0 Å². The molecule has 1 aromatic carbocycles. The highest BCUT2D eigenvalue weighted by Crippen LogP contribution is 2.29. The van der Waals surface area contributed by atoms with Crippen LogP contribution in [0.1, 0.15) is 0 Å². The second-order valence-corrected chi connectivity index (χ2v) is 7.16. The van der Waals surface area contributed by atoms with Gasteiger partial charge in [-0.2, -0.15) is 5.10 Å². The normalized spacial score (nSPS) is 14.6. The molecular weight excluding hydrogens is 404 g/mol. The van der Waals surface area contributed by atoms with Crippen molar-refractivity contribution < 1.29 is 14.5 Å². The van der Waals surface area contributed by atoms with Gasteiger partial charge in [0.05, 0.1) is 41.9 Å².